The summed E-state index contributed by atoms with van der Waals surface area (Å²) in [5.41, 5.74) is -0.968. The molecule has 2 aliphatic heterocycles. The quantitative estimate of drug-likeness (QED) is 0.344. The predicted octanol–water partition coefficient (Wildman–Crippen LogP) is 3.34. The van der Waals surface area contributed by atoms with Gasteiger partial charge in [-0.1, -0.05) is 37.8 Å². The van der Waals surface area contributed by atoms with Gasteiger partial charge in [-0.05, 0) is 26.7 Å². The second kappa shape index (κ2) is 4.69. The van der Waals surface area contributed by atoms with Crippen molar-refractivity contribution in [1.29, 1.82) is 0 Å². The van der Waals surface area contributed by atoms with E-state index < -0.39 is 17.3 Å². The van der Waals surface area contributed by atoms with Crippen molar-refractivity contribution in [1.82, 2.24) is 0 Å². The van der Waals surface area contributed by atoms with Gasteiger partial charge < -0.3 is 9.47 Å². The molecule has 3 bridgehead atoms. The zero-order valence-electron chi connectivity index (χ0n) is 14.3. The molecule has 1 unspecified atom stereocenters. The largest absolute Gasteiger partial charge is 0.435 e. The SMILES string of the molecule is C=CC(=C)C(=O)C[C@@H]1[C@]23CCC[C@@]4(C)C(=O)OC2O[C@]1(C)C=C[C@H]34. The zero-order chi connectivity index (χ0) is 17.3. The fraction of sp³-hybridized carbons (Fsp3) is 0.600. The van der Waals surface area contributed by atoms with Crippen LogP contribution < -0.4 is 0 Å². The molecule has 0 radical (unpaired) electrons. The smallest absolute Gasteiger partial charge is 0.314 e. The molecule has 4 nitrogen and oxygen atoms in total. The highest BCUT2D eigenvalue weighted by Gasteiger charge is 2.74. The van der Waals surface area contributed by atoms with Gasteiger partial charge in [0.1, 0.15) is 0 Å². The van der Waals surface area contributed by atoms with Gasteiger partial charge in [-0.25, -0.2) is 0 Å². The molecule has 4 heteroatoms. The maximum absolute atomic E-state index is 12.6. The van der Waals surface area contributed by atoms with E-state index in [9.17, 15) is 9.59 Å². The monoisotopic (exact) mass is 328 g/mol. The van der Waals surface area contributed by atoms with E-state index in [-0.39, 0.29) is 29.0 Å². The third-order valence-corrected chi connectivity index (χ3v) is 7.01. The van der Waals surface area contributed by atoms with E-state index in [0.717, 1.165) is 19.3 Å². The maximum atomic E-state index is 12.6. The van der Waals surface area contributed by atoms with Gasteiger partial charge in [-0.3, -0.25) is 9.59 Å². The van der Waals surface area contributed by atoms with Crippen molar-refractivity contribution in [3.8, 4) is 0 Å². The number of carbonyl (C=O) groups excluding carboxylic acids is 2. The number of ether oxygens (including phenoxy) is 2. The van der Waals surface area contributed by atoms with Crippen molar-refractivity contribution in [3.05, 3.63) is 37.0 Å². The van der Waals surface area contributed by atoms with Crippen LogP contribution in [0.4, 0.5) is 0 Å². The molecule has 1 spiro atoms. The Morgan fingerprint density at radius 2 is 2.17 bits per heavy atom. The fourth-order valence-electron chi connectivity index (χ4n) is 5.69. The number of Topliss-reactive ketones (excluding diaryl/α,β-unsaturated/α-hetero) is 1. The first-order chi connectivity index (χ1) is 11.3. The molecule has 1 saturated carbocycles. The predicted molar refractivity (Wildman–Crippen MR) is 88.8 cm³/mol. The standard InChI is InChI=1S/C20H24O4/c1-5-12(2)13(21)11-15-19(4)10-7-14-18(3)8-6-9-20(14,15)17(24-19)23-16(18)22/h5,7,10,14-15,17H,1-2,6,8-9,11H2,3-4H3/t14-,15-,17?,18+,19+,20+/m0/s1. The van der Waals surface area contributed by atoms with Crippen LogP contribution in [0.1, 0.15) is 39.5 Å². The van der Waals surface area contributed by atoms with Crippen molar-refractivity contribution < 1.29 is 19.1 Å². The number of ketones is 1. The molecule has 0 aromatic rings. The normalized spacial score (nSPS) is 47.9. The summed E-state index contributed by atoms with van der Waals surface area (Å²) in [5, 5.41) is 0. The molecule has 4 rings (SSSR count). The van der Waals surface area contributed by atoms with Crippen LogP contribution in [0.3, 0.4) is 0 Å². The van der Waals surface area contributed by atoms with Gasteiger partial charge in [0.2, 0.25) is 6.29 Å². The van der Waals surface area contributed by atoms with Gasteiger partial charge in [0.05, 0.1) is 11.0 Å². The average Bonchev–Trinajstić information content (AvgIpc) is 2.69. The first kappa shape index (κ1) is 15.8. The summed E-state index contributed by atoms with van der Waals surface area (Å²) in [6.07, 6.45) is 8.22. The number of allylic oxidation sites excluding steroid dienone is 3. The van der Waals surface area contributed by atoms with Gasteiger partial charge in [-0.2, -0.15) is 0 Å². The highest BCUT2D eigenvalue weighted by Crippen LogP contribution is 2.70. The van der Waals surface area contributed by atoms with E-state index in [4.69, 9.17) is 9.47 Å². The topological polar surface area (TPSA) is 52.6 Å². The Kier molecular flexibility index (Phi) is 3.09. The Hall–Kier alpha value is -1.68. The van der Waals surface area contributed by atoms with Gasteiger partial charge in [-0.15, -0.1) is 0 Å². The summed E-state index contributed by atoms with van der Waals surface area (Å²) in [4.78, 5) is 25.2. The molecule has 2 aliphatic carbocycles. The third-order valence-electron chi connectivity index (χ3n) is 7.01. The molecule has 0 N–H and O–H groups in total. The molecule has 2 heterocycles. The Balaban J connectivity index is 1.81. The minimum Gasteiger partial charge on any atom is -0.435 e. The Morgan fingerprint density at radius 3 is 2.88 bits per heavy atom. The molecule has 4 aliphatic rings. The Morgan fingerprint density at radius 1 is 1.42 bits per heavy atom. The molecule has 6 atom stereocenters. The minimum absolute atomic E-state index is 0.00178. The molecule has 2 saturated heterocycles. The fourth-order valence-corrected chi connectivity index (χ4v) is 5.69. The van der Waals surface area contributed by atoms with Crippen LogP contribution >= 0.6 is 0 Å². The van der Waals surface area contributed by atoms with Crippen LogP contribution in [-0.2, 0) is 19.1 Å². The summed E-state index contributed by atoms with van der Waals surface area (Å²) in [5.74, 6) is -0.112. The van der Waals surface area contributed by atoms with E-state index >= 15 is 0 Å². The number of carbonyl (C=O) groups is 2. The highest BCUT2D eigenvalue weighted by molar-refractivity contribution is 5.97. The molecule has 0 aromatic carbocycles. The molecular formula is C20H24O4. The lowest BCUT2D eigenvalue weighted by Crippen LogP contribution is -2.62. The van der Waals surface area contributed by atoms with E-state index in [1.165, 1.54) is 6.08 Å². The van der Waals surface area contributed by atoms with Crippen LogP contribution in [-0.4, -0.2) is 23.6 Å². The lowest BCUT2D eigenvalue weighted by molar-refractivity contribution is -0.248. The van der Waals surface area contributed by atoms with Crippen molar-refractivity contribution in [2.45, 2.75) is 51.4 Å². The average molecular weight is 328 g/mol. The number of hydrogen-bond donors (Lipinski definition) is 0. The molecular weight excluding hydrogens is 304 g/mol. The van der Waals surface area contributed by atoms with E-state index in [1.54, 1.807) is 0 Å². The number of hydrogen-bond acceptors (Lipinski definition) is 4. The van der Waals surface area contributed by atoms with Crippen molar-refractivity contribution >= 4 is 11.8 Å². The first-order valence-corrected chi connectivity index (χ1v) is 8.71. The van der Waals surface area contributed by atoms with Gasteiger partial charge in [0.15, 0.2) is 5.78 Å². The van der Waals surface area contributed by atoms with Gasteiger partial charge in [0.25, 0.3) is 0 Å². The lowest BCUT2D eigenvalue weighted by atomic mass is 9.46. The second-order valence-corrected chi connectivity index (χ2v) is 8.17. The van der Waals surface area contributed by atoms with Crippen LogP contribution in [0.25, 0.3) is 0 Å². The van der Waals surface area contributed by atoms with Crippen molar-refractivity contribution in [2.24, 2.45) is 22.7 Å². The first-order valence-electron chi connectivity index (χ1n) is 8.71. The van der Waals surface area contributed by atoms with E-state index in [2.05, 4.69) is 25.3 Å². The van der Waals surface area contributed by atoms with Crippen LogP contribution in [0.5, 0.6) is 0 Å². The highest BCUT2D eigenvalue weighted by atomic mass is 16.7. The zero-order valence-corrected chi connectivity index (χ0v) is 14.3. The molecule has 0 amide bonds. The van der Waals surface area contributed by atoms with Gasteiger partial charge in [0, 0.05) is 29.2 Å². The van der Waals surface area contributed by atoms with Gasteiger partial charge >= 0.3 is 5.97 Å². The number of esters is 1. The van der Waals surface area contributed by atoms with Crippen molar-refractivity contribution in [3.63, 3.8) is 0 Å². The summed E-state index contributed by atoms with van der Waals surface area (Å²) in [6.45, 7) is 11.5. The lowest BCUT2D eigenvalue weighted by Gasteiger charge is -2.58. The number of rotatable bonds is 4. The second-order valence-electron chi connectivity index (χ2n) is 8.17. The van der Waals surface area contributed by atoms with Crippen LogP contribution in [0.2, 0.25) is 0 Å². The van der Waals surface area contributed by atoms with E-state index in [1.807, 2.05) is 13.8 Å². The molecule has 128 valence electrons. The van der Waals surface area contributed by atoms with Crippen LogP contribution in [0.15, 0.2) is 37.0 Å². The van der Waals surface area contributed by atoms with Crippen LogP contribution in [0, 0.1) is 22.7 Å². The third kappa shape index (κ3) is 1.67. The maximum Gasteiger partial charge on any atom is 0.314 e. The summed E-state index contributed by atoms with van der Waals surface area (Å²) < 4.78 is 12.0. The Labute approximate surface area is 142 Å². The molecule has 3 fully saturated rings. The van der Waals surface area contributed by atoms with E-state index in [0.29, 0.717) is 12.0 Å². The van der Waals surface area contributed by atoms with Crippen molar-refractivity contribution in [2.75, 3.05) is 0 Å². The summed E-state index contributed by atoms with van der Waals surface area (Å²) in [7, 11) is 0. The number of fused-ring (bicyclic) bond motifs is 1. The molecule has 24 heavy (non-hydrogen) atoms. The Bertz CT molecular complexity index is 692. The molecule has 0 aromatic heterocycles. The minimum atomic E-state index is -0.582. The summed E-state index contributed by atoms with van der Waals surface area (Å²) in [6, 6.07) is 0. The summed E-state index contributed by atoms with van der Waals surface area (Å²) >= 11 is 0.